The summed E-state index contributed by atoms with van der Waals surface area (Å²) in [4.78, 5) is 14.7. The van der Waals surface area contributed by atoms with E-state index in [9.17, 15) is 4.79 Å². The molecule has 1 amide bonds. The predicted octanol–water partition coefficient (Wildman–Crippen LogP) is 3.16. The van der Waals surface area contributed by atoms with Gasteiger partial charge in [0, 0.05) is 18.3 Å². The minimum atomic E-state index is 0.0170. The van der Waals surface area contributed by atoms with Crippen LogP contribution in [-0.4, -0.2) is 32.7 Å². The standard InChI is InChI=1S/C21H26N2O3/c1-15-8-10-17-6-4-5-7-18(17)23(15)14-21(24)22-13-16-9-11-19(25-2)20(12-16)26-3/h4-7,9,11-12,15H,8,10,13-14H2,1-3H3,(H,22,24). The molecule has 0 saturated carbocycles. The molecule has 26 heavy (non-hydrogen) atoms. The van der Waals surface area contributed by atoms with Crippen LogP contribution in [0.25, 0.3) is 0 Å². The van der Waals surface area contributed by atoms with E-state index in [0.29, 0.717) is 30.6 Å². The molecule has 5 nitrogen and oxygen atoms in total. The fourth-order valence-corrected chi connectivity index (χ4v) is 3.40. The van der Waals surface area contributed by atoms with Crippen LogP contribution in [0.3, 0.4) is 0 Å². The van der Waals surface area contributed by atoms with Gasteiger partial charge in [-0.1, -0.05) is 24.3 Å². The van der Waals surface area contributed by atoms with E-state index in [-0.39, 0.29) is 5.91 Å². The van der Waals surface area contributed by atoms with Gasteiger partial charge in [0.1, 0.15) is 0 Å². The summed E-state index contributed by atoms with van der Waals surface area (Å²) in [6, 6.07) is 14.4. The molecule has 1 aliphatic rings. The summed E-state index contributed by atoms with van der Waals surface area (Å²) in [6.07, 6.45) is 2.14. The second-order valence-corrected chi connectivity index (χ2v) is 6.61. The molecule has 0 aliphatic carbocycles. The van der Waals surface area contributed by atoms with E-state index in [2.05, 4.69) is 35.3 Å². The molecule has 5 heteroatoms. The number of aryl methyl sites for hydroxylation is 1. The summed E-state index contributed by atoms with van der Waals surface area (Å²) in [6.45, 7) is 3.01. The Morgan fingerprint density at radius 2 is 1.92 bits per heavy atom. The zero-order valence-corrected chi connectivity index (χ0v) is 15.6. The molecule has 138 valence electrons. The topological polar surface area (TPSA) is 50.8 Å². The first kappa shape index (κ1) is 18.1. The molecule has 1 aliphatic heterocycles. The van der Waals surface area contributed by atoms with Crippen LogP contribution >= 0.6 is 0 Å². The SMILES string of the molecule is COc1ccc(CNC(=O)CN2c3ccccc3CCC2C)cc1OC. The van der Waals surface area contributed by atoms with Gasteiger partial charge in [0.15, 0.2) is 11.5 Å². The largest absolute Gasteiger partial charge is 0.493 e. The Hall–Kier alpha value is -2.69. The first-order valence-corrected chi connectivity index (χ1v) is 8.94. The van der Waals surface area contributed by atoms with Gasteiger partial charge in [-0.2, -0.15) is 0 Å². The number of para-hydroxylation sites is 1. The third kappa shape index (κ3) is 3.93. The number of benzene rings is 2. The van der Waals surface area contributed by atoms with Gasteiger partial charge in [-0.05, 0) is 49.1 Å². The van der Waals surface area contributed by atoms with Crippen molar-refractivity contribution in [1.82, 2.24) is 5.32 Å². The fourth-order valence-electron chi connectivity index (χ4n) is 3.40. The van der Waals surface area contributed by atoms with Gasteiger partial charge in [-0.3, -0.25) is 4.79 Å². The number of fused-ring (bicyclic) bond motifs is 1. The zero-order valence-electron chi connectivity index (χ0n) is 15.6. The average molecular weight is 354 g/mol. The number of nitrogens with zero attached hydrogens (tertiary/aromatic N) is 1. The molecule has 1 N–H and O–H groups in total. The highest BCUT2D eigenvalue weighted by Crippen LogP contribution is 2.30. The molecule has 1 unspecified atom stereocenters. The van der Waals surface area contributed by atoms with Crippen LogP contribution in [0.2, 0.25) is 0 Å². The lowest BCUT2D eigenvalue weighted by Crippen LogP contribution is -2.44. The van der Waals surface area contributed by atoms with E-state index < -0.39 is 0 Å². The van der Waals surface area contributed by atoms with Crippen LogP contribution in [0.15, 0.2) is 42.5 Å². The third-order valence-corrected chi connectivity index (χ3v) is 4.92. The van der Waals surface area contributed by atoms with E-state index >= 15 is 0 Å². The maximum Gasteiger partial charge on any atom is 0.239 e. The summed E-state index contributed by atoms with van der Waals surface area (Å²) in [5.41, 5.74) is 3.47. The number of amides is 1. The number of anilines is 1. The zero-order chi connectivity index (χ0) is 18.5. The summed E-state index contributed by atoms with van der Waals surface area (Å²) in [7, 11) is 3.21. The summed E-state index contributed by atoms with van der Waals surface area (Å²) in [5.74, 6) is 1.36. The lowest BCUT2D eigenvalue weighted by atomic mass is 9.96. The van der Waals surface area contributed by atoms with Crippen molar-refractivity contribution in [2.24, 2.45) is 0 Å². The van der Waals surface area contributed by atoms with Gasteiger partial charge in [0.2, 0.25) is 5.91 Å². The monoisotopic (exact) mass is 354 g/mol. The van der Waals surface area contributed by atoms with Gasteiger partial charge in [-0.15, -0.1) is 0 Å². The van der Waals surface area contributed by atoms with Gasteiger partial charge in [-0.25, -0.2) is 0 Å². The van der Waals surface area contributed by atoms with Crippen molar-refractivity contribution < 1.29 is 14.3 Å². The lowest BCUT2D eigenvalue weighted by molar-refractivity contribution is -0.120. The smallest absolute Gasteiger partial charge is 0.239 e. The maximum absolute atomic E-state index is 12.5. The number of nitrogens with one attached hydrogen (secondary N) is 1. The molecule has 0 bridgehead atoms. The van der Waals surface area contributed by atoms with Crippen LogP contribution in [0, 0.1) is 0 Å². The molecule has 2 aromatic rings. The second-order valence-electron chi connectivity index (χ2n) is 6.61. The van der Waals surface area contributed by atoms with E-state index in [4.69, 9.17) is 9.47 Å². The third-order valence-electron chi connectivity index (χ3n) is 4.92. The Bertz CT molecular complexity index is 776. The first-order chi connectivity index (χ1) is 12.6. The highest BCUT2D eigenvalue weighted by molar-refractivity contribution is 5.82. The van der Waals surface area contributed by atoms with E-state index in [1.54, 1.807) is 14.2 Å². The number of carbonyl (C=O) groups excluding carboxylic acids is 1. The molecule has 1 atom stereocenters. The van der Waals surface area contributed by atoms with Gasteiger partial charge in [0.25, 0.3) is 0 Å². The van der Waals surface area contributed by atoms with Crippen molar-refractivity contribution in [3.63, 3.8) is 0 Å². The summed E-state index contributed by atoms with van der Waals surface area (Å²) in [5, 5.41) is 3.01. The van der Waals surface area contributed by atoms with Crippen molar-refractivity contribution in [3.8, 4) is 11.5 Å². The maximum atomic E-state index is 12.5. The summed E-state index contributed by atoms with van der Waals surface area (Å²) < 4.78 is 10.6. The number of methoxy groups -OCH3 is 2. The fraction of sp³-hybridized carbons (Fsp3) is 0.381. The van der Waals surface area contributed by atoms with Crippen molar-refractivity contribution >= 4 is 11.6 Å². The van der Waals surface area contributed by atoms with Crippen LogP contribution in [-0.2, 0) is 17.8 Å². The molecule has 0 spiro atoms. The minimum Gasteiger partial charge on any atom is -0.493 e. The lowest BCUT2D eigenvalue weighted by Gasteiger charge is -2.36. The predicted molar refractivity (Wildman–Crippen MR) is 103 cm³/mol. The Balaban J connectivity index is 1.63. The molecular formula is C21H26N2O3. The number of hydrogen-bond acceptors (Lipinski definition) is 4. The number of hydrogen-bond donors (Lipinski definition) is 1. The molecule has 1 heterocycles. The van der Waals surface area contributed by atoms with Gasteiger partial charge < -0.3 is 19.7 Å². The molecule has 0 radical (unpaired) electrons. The Labute approximate surface area is 154 Å². The highest BCUT2D eigenvalue weighted by atomic mass is 16.5. The van der Waals surface area contributed by atoms with Crippen molar-refractivity contribution in [2.75, 3.05) is 25.7 Å². The average Bonchev–Trinajstić information content (AvgIpc) is 2.68. The number of ether oxygens (including phenoxy) is 2. The number of carbonyl (C=O) groups is 1. The van der Waals surface area contributed by atoms with Crippen LogP contribution in [0.1, 0.15) is 24.5 Å². The van der Waals surface area contributed by atoms with Crippen molar-refractivity contribution in [1.29, 1.82) is 0 Å². The normalized spacial score (nSPS) is 16.0. The first-order valence-electron chi connectivity index (χ1n) is 8.94. The highest BCUT2D eigenvalue weighted by Gasteiger charge is 2.24. The van der Waals surface area contributed by atoms with Gasteiger partial charge in [0.05, 0.1) is 20.8 Å². The Kier molecular flexibility index (Phi) is 5.66. The van der Waals surface area contributed by atoms with Crippen LogP contribution < -0.4 is 19.7 Å². The van der Waals surface area contributed by atoms with E-state index in [1.165, 1.54) is 11.3 Å². The summed E-state index contributed by atoms with van der Waals surface area (Å²) >= 11 is 0. The quantitative estimate of drug-likeness (QED) is 0.866. The number of rotatable bonds is 6. The van der Waals surface area contributed by atoms with Gasteiger partial charge >= 0.3 is 0 Å². The Morgan fingerprint density at radius 3 is 2.69 bits per heavy atom. The molecule has 0 aromatic heterocycles. The van der Waals surface area contributed by atoms with Crippen LogP contribution in [0.4, 0.5) is 5.69 Å². The molecule has 2 aromatic carbocycles. The Morgan fingerprint density at radius 1 is 1.15 bits per heavy atom. The van der Waals surface area contributed by atoms with Crippen molar-refractivity contribution in [2.45, 2.75) is 32.4 Å². The van der Waals surface area contributed by atoms with E-state index in [0.717, 1.165) is 18.4 Å². The van der Waals surface area contributed by atoms with Crippen molar-refractivity contribution in [3.05, 3.63) is 53.6 Å². The molecule has 3 rings (SSSR count). The molecule has 0 fully saturated rings. The second kappa shape index (κ2) is 8.13. The van der Waals surface area contributed by atoms with E-state index in [1.807, 2.05) is 24.3 Å². The molecular weight excluding hydrogens is 328 g/mol. The van der Waals surface area contributed by atoms with Crippen LogP contribution in [0.5, 0.6) is 11.5 Å². The minimum absolute atomic E-state index is 0.0170. The molecule has 0 saturated heterocycles.